The fraction of sp³-hybridized carbons (Fsp3) is 0.333. The third kappa shape index (κ3) is 5.40. The van der Waals surface area contributed by atoms with Gasteiger partial charge in [0.15, 0.2) is 0 Å². The van der Waals surface area contributed by atoms with E-state index in [2.05, 4.69) is 74.2 Å². The van der Waals surface area contributed by atoms with Gasteiger partial charge in [-0.05, 0) is 24.3 Å². The molecule has 3 aromatic carbocycles. The zero-order valence-corrected chi connectivity index (χ0v) is 22.0. The van der Waals surface area contributed by atoms with Crippen molar-refractivity contribution < 1.29 is 9.59 Å². The fourth-order valence-corrected chi connectivity index (χ4v) is 10.1. The minimum absolute atomic E-state index is 0.00789. The van der Waals surface area contributed by atoms with Crippen LogP contribution in [0.4, 0.5) is 0 Å². The first kappa shape index (κ1) is 24.9. The van der Waals surface area contributed by atoms with Gasteiger partial charge in [-0.3, -0.25) is 9.59 Å². The van der Waals surface area contributed by atoms with E-state index in [4.69, 9.17) is 0 Å². The molecular formula is C30H36N2O2Si. The number of carbonyl (C=O) groups excluding carboxylic acids is 2. The number of carbonyl (C=O) groups is 2. The lowest BCUT2D eigenvalue weighted by Gasteiger charge is -2.40. The third-order valence-corrected chi connectivity index (χ3v) is 12.5. The monoisotopic (exact) mass is 484 g/mol. The molecule has 1 fully saturated rings. The first-order valence-corrected chi connectivity index (χ1v) is 15.2. The molecule has 0 aromatic heterocycles. The van der Waals surface area contributed by atoms with Crippen LogP contribution in [0.15, 0.2) is 91.0 Å². The zero-order chi connectivity index (χ0) is 24.8. The average molecular weight is 485 g/mol. The Kier molecular flexibility index (Phi) is 7.86. The van der Waals surface area contributed by atoms with Crippen molar-refractivity contribution in [3.8, 4) is 0 Å². The van der Waals surface area contributed by atoms with Gasteiger partial charge < -0.3 is 10.2 Å². The summed E-state index contributed by atoms with van der Waals surface area (Å²) in [5, 5.41) is 6.07. The summed E-state index contributed by atoms with van der Waals surface area (Å²) in [6, 6.07) is 30.6. The van der Waals surface area contributed by atoms with Gasteiger partial charge in [0.25, 0.3) is 0 Å². The van der Waals surface area contributed by atoms with E-state index in [1.165, 1.54) is 10.4 Å². The number of hydrogen-bond acceptors (Lipinski definition) is 2. The van der Waals surface area contributed by atoms with Gasteiger partial charge in [-0.15, -0.1) is 0 Å². The summed E-state index contributed by atoms with van der Waals surface area (Å²) in [5.41, 5.74) is 0.975. The number of hydrogen-bond donors (Lipinski definition) is 1. The topological polar surface area (TPSA) is 49.4 Å². The van der Waals surface area contributed by atoms with E-state index in [1.54, 1.807) is 4.90 Å². The molecule has 1 saturated heterocycles. The van der Waals surface area contributed by atoms with Crippen LogP contribution in [0, 0.1) is 5.92 Å². The van der Waals surface area contributed by atoms with Crippen molar-refractivity contribution in [1.82, 2.24) is 10.2 Å². The first-order chi connectivity index (χ1) is 16.9. The molecule has 0 saturated carbocycles. The van der Waals surface area contributed by atoms with Gasteiger partial charge >= 0.3 is 0 Å². The number of likely N-dealkylation sites (tertiary alicyclic amines) is 1. The van der Waals surface area contributed by atoms with Crippen molar-refractivity contribution in [1.29, 1.82) is 0 Å². The van der Waals surface area contributed by atoms with Crippen LogP contribution in [0.2, 0.25) is 6.55 Å². The second-order valence-electron chi connectivity index (χ2n) is 10.1. The van der Waals surface area contributed by atoms with Gasteiger partial charge in [0.1, 0.15) is 14.1 Å². The third-order valence-electron chi connectivity index (χ3n) is 7.41. The lowest BCUT2D eigenvalue weighted by molar-refractivity contribution is -0.138. The Balaban J connectivity index is 1.60. The van der Waals surface area contributed by atoms with Crippen molar-refractivity contribution in [3.63, 3.8) is 0 Å². The van der Waals surface area contributed by atoms with Gasteiger partial charge in [0, 0.05) is 12.2 Å². The first-order valence-electron chi connectivity index (χ1n) is 12.7. The van der Waals surface area contributed by atoms with Gasteiger partial charge in [-0.25, -0.2) is 0 Å². The highest BCUT2D eigenvalue weighted by atomic mass is 28.3. The Labute approximate surface area is 210 Å². The molecule has 2 atom stereocenters. The normalized spacial score (nSPS) is 16.8. The molecule has 182 valence electrons. The molecule has 1 heterocycles. The highest BCUT2D eigenvalue weighted by Gasteiger charge is 2.44. The molecule has 4 nitrogen and oxygen atoms in total. The molecule has 0 aliphatic carbocycles. The summed E-state index contributed by atoms with van der Waals surface area (Å²) in [4.78, 5) is 28.7. The van der Waals surface area contributed by atoms with Crippen LogP contribution in [-0.4, -0.2) is 43.0 Å². The van der Waals surface area contributed by atoms with E-state index in [0.717, 1.165) is 12.0 Å². The standard InChI is InChI=1S/C30H36N2O2Si/c1-23(2)30(35(3,25-16-9-5-10-17-25)26-18-11-6-12-19-26)31-29(34)27-20-13-21-32(27)28(33)22-24-14-7-4-8-15-24/h4-12,14-19,23,27,30H,13,20-22H2,1-3H3,(H,31,34)/t27-,30+/m0/s1. The van der Waals surface area contributed by atoms with Gasteiger partial charge in [0.05, 0.1) is 6.42 Å². The van der Waals surface area contributed by atoms with Crippen molar-refractivity contribution in [2.45, 2.75) is 51.4 Å². The molecule has 5 heteroatoms. The summed E-state index contributed by atoms with van der Waals surface area (Å²) in [6.07, 6.45) is 1.90. The second kappa shape index (κ2) is 11.0. The zero-order valence-electron chi connectivity index (χ0n) is 21.0. The molecule has 0 unspecified atom stereocenters. The molecule has 3 aromatic rings. The Hall–Kier alpha value is -3.18. The van der Waals surface area contributed by atoms with E-state index in [1.807, 2.05) is 42.5 Å². The lowest BCUT2D eigenvalue weighted by Crippen LogP contribution is -2.71. The minimum Gasteiger partial charge on any atom is -0.353 e. The van der Waals surface area contributed by atoms with E-state index in [-0.39, 0.29) is 23.4 Å². The fourth-order valence-electron chi connectivity index (χ4n) is 5.53. The van der Waals surface area contributed by atoms with Crippen LogP contribution in [0.3, 0.4) is 0 Å². The Morgan fingerprint density at radius 3 is 1.91 bits per heavy atom. The summed E-state index contributed by atoms with van der Waals surface area (Å²) >= 11 is 0. The summed E-state index contributed by atoms with van der Waals surface area (Å²) in [6.45, 7) is 7.38. The SMILES string of the molecule is CC(C)[C@H](NC(=O)[C@@H]1CCCN1C(=O)Cc1ccccc1)[Si](C)(c1ccccc1)c1ccccc1. The summed E-state index contributed by atoms with van der Waals surface area (Å²) in [7, 11) is -2.35. The molecule has 2 amide bonds. The van der Waals surface area contributed by atoms with E-state index >= 15 is 0 Å². The van der Waals surface area contributed by atoms with E-state index < -0.39 is 14.1 Å². The molecule has 0 radical (unpaired) electrons. The maximum absolute atomic E-state index is 13.8. The predicted molar refractivity (Wildman–Crippen MR) is 145 cm³/mol. The van der Waals surface area contributed by atoms with Crippen molar-refractivity contribution >= 4 is 30.3 Å². The number of rotatable bonds is 8. The van der Waals surface area contributed by atoms with Gasteiger partial charge in [-0.1, -0.05) is 122 Å². The molecule has 0 bridgehead atoms. The highest BCUT2D eigenvalue weighted by Crippen LogP contribution is 2.22. The maximum atomic E-state index is 13.8. The van der Waals surface area contributed by atoms with E-state index in [0.29, 0.717) is 19.4 Å². The smallest absolute Gasteiger partial charge is 0.242 e. The van der Waals surface area contributed by atoms with Crippen molar-refractivity contribution in [3.05, 3.63) is 96.6 Å². The number of benzene rings is 3. The van der Waals surface area contributed by atoms with Gasteiger partial charge in [0.2, 0.25) is 11.8 Å². The van der Waals surface area contributed by atoms with Gasteiger partial charge in [-0.2, -0.15) is 0 Å². The van der Waals surface area contributed by atoms with Crippen molar-refractivity contribution in [2.24, 2.45) is 5.92 Å². The minimum atomic E-state index is -2.35. The summed E-state index contributed by atoms with van der Waals surface area (Å²) < 4.78 is 0. The van der Waals surface area contributed by atoms with Crippen molar-refractivity contribution in [2.75, 3.05) is 6.54 Å². The lowest BCUT2D eigenvalue weighted by atomic mass is 10.1. The number of nitrogens with zero attached hydrogens (tertiary/aromatic N) is 1. The number of nitrogens with one attached hydrogen (secondary N) is 1. The van der Waals surface area contributed by atoms with Crippen LogP contribution in [-0.2, 0) is 16.0 Å². The summed E-state index contributed by atoms with van der Waals surface area (Å²) in [5.74, 6) is 0.250. The number of amides is 2. The Morgan fingerprint density at radius 1 is 0.886 bits per heavy atom. The molecular weight excluding hydrogens is 448 g/mol. The van der Waals surface area contributed by atoms with E-state index in [9.17, 15) is 9.59 Å². The molecule has 4 rings (SSSR count). The Bertz CT molecular complexity index is 1080. The highest BCUT2D eigenvalue weighted by molar-refractivity contribution is 7.02. The average Bonchev–Trinajstić information content (AvgIpc) is 3.39. The molecule has 0 spiro atoms. The van der Waals surface area contributed by atoms with Crippen LogP contribution in [0.25, 0.3) is 0 Å². The largest absolute Gasteiger partial charge is 0.353 e. The van der Waals surface area contributed by atoms with Crippen LogP contribution in [0.5, 0.6) is 0 Å². The predicted octanol–water partition coefficient (Wildman–Crippen LogP) is 3.79. The van der Waals surface area contributed by atoms with Crippen LogP contribution in [0.1, 0.15) is 32.3 Å². The quantitative estimate of drug-likeness (QED) is 0.495. The van der Waals surface area contributed by atoms with Crippen LogP contribution >= 0.6 is 0 Å². The second-order valence-corrected chi connectivity index (χ2v) is 14.3. The maximum Gasteiger partial charge on any atom is 0.242 e. The Morgan fingerprint density at radius 2 is 1.40 bits per heavy atom. The van der Waals surface area contributed by atoms with Crippen LogP contribution < -0.4 is 15.7 Å². The molecule has 1 aliphatic heterocycles. The molecule has 35 heavy (non-hydrogen) atoms. The molecule has 1 aliphatic rings. The molecule has 1 N–H and O–H groups in total.